The minimum atomic E-state index is -4.46. The van der Waals surface area contributed by atoms with Crippen molar-refractivity contribution in [2.24, 2.45) is 0 Å². The summed E-state index contributed by atoms with van der Waals surface area (Å²) in [6, 6.07) is 3.24. The van der Waals surface area contributed by atoms with Crippen molar-refractivity contribution >= 4 is 23.5 Å². The van der Waals surface area contributed by atoms with E-state index in [1.165, 1.54) is 0 Å². The first-order valence-corrected chi connectivity index (χ1v) is 10.3. The number of benzene rings is 1. The monoisotopic (exact) mass is 432 g/mol. The average Bonchev–Trinajstić information content (AvgIpc) is 2.70. The molecule has 30 heavy (non-hydrogen) atoms. The lowest BCUT2D eigenvalue weighted by Gasteiger charge is -2.34. The van der Waals surface area contributed by atoms with Gasteiger partial charge < -0.3 is 9.80 Å². The Kier molecular flexibility index (Phi) is 7.03. The van der Waals surface area contributed by atoms with Crippen molar-refractivity contribution in [3.63, 3.8) is 0 Å². The smallest absolute Gasteiger partial charge is 0.371 e. The third-order valence-electron chi connectivity index (χ3n) is 5.47. The van der Waals surface area contributed by atoms with E-state index in [9.17, 15) is 26.3 Å². The van der Waals surface area contributed by atoms with Gasteiger partial charge in [0.05, 0.1) is 0 Å². The molecule has 0 N–H and O–H groups in total. The lowest BCUT2D eigenvalue weighted by Crippen LogP contribution is -2.32. The number of hydrogen-bond acceptors (Lipinski definition) is 2. The van der Waals surface area contributed by atoms with Crippen LogP contribution in [-0.2, 0) is 0 Å². The predicted octanol–water partition coefficient (Wildman–Crippen LogP) is 6.82. The summed E-state index contributed by atoms with van der Waals surface area (Å²) in [5.74, 6) is 0. The molecule has 2 nitrogen and oxygen atoms in total. The van der Waals surface area contributed by atoms with Crippen LogP contribution < -0.4 is 9.80 Å². The number of alkyl halides is 6. The van der Waals surface area contributed by atoms with Gasteiger partial charge in [-0.3, -0.25) is 0 Å². The van der Waals surface area contributed by atoms with Gasteiger partial charge in [0.1, 0.15) is 0 Å². The van der Waals surface area contributed by atoms with E-state index in [2.05, 4.69) is 0 Å². The molecule has 0 atom stereocenters. The van der Waals surface area contributed by atoms with E-state index < -0.39 is 12.4 Å². The molecule has 3 rings (SSSR count). The molecule has 0 aromatic heterocycles. The molecule has 2 aliphatic rings. The number of halogens is 6. The molecule has 2 fully saturated rings. The maximum atomic E-state index is 12.9. The molecule has 1 aromatic carbocycles. The molecule has 2 heterocycles. The second-order valence-corrected chi connectivity index (χ2v) is 7.82. The number of rotatable bonds is 4. The zero-order valence-corrected chi connectivity index (χ0v) is 16.7. The predicted molar refractivity (Wildman–Crippen MR) is 109 cm³/mol. The number of allylic oxidation sites excluding steroid dienone is 2. The summed E-state index contributed by atoms with van der Waals surface area (Å²) in [6.07, 6.45) is -0.750. The van der Waals surface area contributed by atoms with E-state index in [0.29, 0.717) is 48.7 Å². The number of anilines is 2. The van der Waals surface area contributed by atoms with Gasteiger partial charge in [-0.25, -0.2) is 0 Å². The van der Waals surface area contributed by atoms with Gasteiger partial charge in [0.15, 0.2) is 0 Å². The van der Waals surface area contributed by atoms with Crippen molar-refractivity contribution in [3.05, 3.63) is 35.4 Å². The fourth-order valence-electron chi connectivity index (χ4n) is 4.06. The lowest BCUT2D eigenvalue weighted by molar-refractivity contribution is -0.0800. The Bertz CT molecular complexity index is 701. The molecule has 0 spiro atoms. The molecule has 2 aliphatic heterocycles. The number of hydrogen-bond donors (Lipinski definition) is 0. The SMILES string of the molecule is FC(F)(F)C=Cc1cc(N2CCCCC2)c(C=CC(F)(F)F)cc1N1CCCCC1. The Morgan fingerprint density at radius 3 is 1.20 bits per heavy atom. The molecule has 0 saturated carbocycles. The van der Waals surface area contributed by atoms with E-state index >= 15 is 0 Å². The fourth-order valence-corrected chi connectivity index (χ4v) is 4.06. The summed E-state index contributed by atoms with van der Waals surface area (Å²) in [6.45, 7) is 2.72. The van der Waals surface area contributed by atoms with Crippen molar-refractivity contribution in [1.82, 2.24) is 0 Å². The van der Waals surface area contributed by atoms with Crippen LogP contribution in [0, 0.1) is 0 Å². The standard InChI is InChI=1S/C22H26F6N2/c23-21(24,25)9-7-17-16-20(30-13-5-2-6-14-30)18(8-10-22(26,27)28)15-19(17)29-11-3-1-4-12-29/h7-10,15-16H,1-6,11-14H2. The van der Waals surface area contributed by atoms with Crippen LogP contribution in [-0.4, -0.2) is 38.5 Å². The minimum absolute atomic E-state index is 0.195. The maximum Gasteiger partial charge on any atom is 0.409 e. The molecule has 0 amide bonds. The van der Waals surface area contributed by atoms with Crippen molar-refractivity contribution in [1.29, 1.82) is 0 Å². The summed E-state index contributed by atoms with van der Waals surface area (Å²) in [4.78, 5) is 3.95. The van der Waals surface area contributed by atoms with Gasteiger partial charge >= 0.3 is 12.4 Å². The quantitative estimate of drug-likeness (QED) is 0.482. The third kappa shape index (κ3) is 6.44. The van der Waals surface area contributed by atoms with Crippen molar-refractivity contribution in [2.75, 3.05) is 36.0 Å². The Hall–Kier alpha value is -2.12. The first kappa shape index (κ1) is 22.6. The summed E-state index contributed by atoms with van der Waals surface area (Å²) in [7, 11) is 0. The number of nitrogens with zero attached hydrogens (tertiary/aromatic N) is 2. The van der Waals surface area contributed by atoms with Gasteiger partial charge in [0, 0.05) is 49.7 Å². The summed E-state index contributed by atoms with van der Waals surface area (Å²) < 4.78 is 77.1. The summed E-state index contributed by atoms with van der Waals surface area (Å²) in [5.41, 5.74) is 1.88. The minimum Gasteiger partial charge on any atom is -0.371 e. The van der Waals surface area contributed by atoms with Gasteiger partial charge in [-0.2, -0.15) is 26.3 Å². The first-order chi connectivity index (χ1) is 14.1. The van der Waals surface area contributed by atoms with Crippen LogP contribution in [0.5, 0.6) is 0 Å². The molecule has 1 aromatic rings. The zero-order valence-electron chi connectivity index (χ0n) is 16.7. The van der Waals surface area contributed by atoms with Crippen LogP contribution in [0.25, 0.3) is 12.2 Å². The maximum absolute atomic E-state index is 12.9. The molecule has 0 aliphatic carbocycles. The molecular formula is C22H26F6N2. The summed E-state index contributed by atoms with van der Waals surface area (Å²) >= 11 is 0. The average molecular weight is 432 g/mol. The highest BCUT2D eigenvalue weighted by Crippen LogP contribution is 2.36. The van der Waals surface area contributed by atoms with E-state index in [1.54, 1.807) is 12.1 Å². The molecular weight excluding hydrogens is 406 g/mol. The largest absolute Gasteiger partial charge is 0.409 e. The Morgan fingerprint density at radius 2 is 0.900 bits per heavy atom. The Balaban J connectivity index is 2.10. The number of piperidine rings is 2. The fraction of sp³-hybridized carbons (Fsp3) is 0.545. The molecule has 2 saturated heterocycles. The molecule has 0 unspecified atom stereocenters. The van der Waals surface area contributed by atoms with Gasteiger partial charge in [0.25, 0.3) is 0 Å². The van der Waals surface area contributed by atoms with Crippen LogP contribution in [0.15, 0.2) is 24.3 Å². The molecule has 0 bridgehead atoms. The van der Waals surface area contributed by atoms with Gasteiger partial charge in [0.2, 0.25) is 0 Å². The second-order valence-electron chi connectivity index (χ2n) is 7.82. The topological polar surface area (TPSA) is 6.48 Å². The highest BCUT2D eigenvalue weighted by Gasteiger charge is 2.25. The van der Waals surface area contributed by atoms with Gasteiger partial charge in [-0.1, -0.05) is 0 Å². The van der Waals surface area contributed by atoms with Gasteiger partial charge in [-0.15, -0.1) is 0 Å². The van der Waals surface area contributed by atoms with Crippen molar-refractivity contribution < 1.29 is 26.3 Å². The van der Waals surface area contributed by atoms with Crippen LogP contribution in [0.2, 0.25) is 0 Å². The van der Waals surface area contributed by atoms with Crippen LogP contribution in [0.1, 0.15) is 49.7 Å². The third-order valence-corrected chi connectivity index (χ3v) is 5.47. The molecule has 0 radical (unpaired) electrons. The van der Waals surface area contributed by atoms with Gasteiger partial charge in [-0.05, 0) is 73.9 Å². The molecule has 8 heteroatoms. The van der Waals surface area contributed by atoms with Crippen LogP contribution in [0.4, 0.5) is 37.7 Å². The highest BCUT2D eigenvalue weighted by molar-refractivity contribution is 5.80. The van der Waals surface area contributed by atoms with Crippen molar-refractivity contribution in [3.8, 4) is 0 Å². The highest BCUT2D eigenvalue weighted by atomic mass is 19.4. The van der Waals surface area contributed by atoms with Crippen LogP contribution in [0.3, 0.4) is 0 Å². The van der Waals surface area contributed by atoms with Crippen molar-refractivity contribution in [2.45, 2.75) is 50.9 Å². The normalized spacial score (nSPS) is 19.3. The second kappa shape index (κ2) is 9.35. The molecule has 166 valence electrons. The lowest BCUT2D eigenvalue weighted by atomic mass is 9.99. The Labute approximate surface area is 172 Å². The van der Waals surface area contributed by atoms with Crippen LogP contribution >= 0.6 is 0 Å². The van der Waals surface area contributed by atoms with E-state index in [1.807, 2.05) is 9.80 Å². The Morgan fingerprint density at radius 1 is 0.567 bits per heavy atom. The summed E-state index contributed by atoms with van der Waals surface area (Å²) in [5, 5.41) is 0. The first-order valence-electron chi connectivity index (χ1n) is 10.3. The zero-order chi connectivity index (χ0) is 21.8. The van der Waals surface area contributed by atoms with E-state index in [-0.39, 0.29) is 12.2 Å². The van der Waals surface area contributed by atoms with E-state index in [0.717, 1.165) is 50.7 Å². The van der Waals surface area contributed by atoms with E-state index in [4.69, 9.17) is 0 Å².